The van der Waals surface area contributed by atoms with Crippen molar-refractivity contribution in [3.05, 3.63) is 53.8 Å². The minimum atomic E-state index is -1.44. The lowest BCUT2D eigenvalue weighted by Gasteiger charge is -2.35. The first-order valence-electron chi connectivity index (χ1n) is 8.31. The van der Waals surface area contributed by atoms with Crippen molar-refractivity contribution in [1.82, 2.24) is 9.80 Å². The van der Waals surface area contributed by atoms with Crippen LogP contribution in [0.3, 0.4) is 0 Å². The molecular weight excluding hydrogens is 370 g/mol. The lowest BCUT2D eigenvalue weighted by molar-refractivity contribution is -0.124. The summed E-state index contributed by atoms with van der Waals surface area (Å²) in [5.41, 5.74) is -0.0144. The van der Waals surface area contributed by atoms with Gasteiger partial charge in [0.2, 0.25) is 0 Å². The van der Waals surface area contributed by atoms with E-state index < -0.39 is 5.72 Å². The highest BCUT2D eigenvalue weighted by Gasteiger charge is 2.31. The molecule has 1 amide bonds. The van der Waals surface area contributed by atoms with Gasteiger partial charge in [-0.05, 0) is 36.8 Å². The Balaban J connectivity index is 0.00000364. The Kier molecular flexibility index (Phi) is 8.33. The van der Waals surface area contributed by atoms with Crippen LogP contribution in [-0.4, -0.2) is 60.5 Å². The van der Waals surface area contributed by atoms with Crippen molar-refractivity contribution >= 4 is 24.5 Å². The number of carbonyl (C=O) groups excluding carboxylic acids is 1. The summed E-state index contributed by atoms with van der Waals surface area (Å²) >= 11 is 0. The third-order valence-electron chi connectivity index (χ3n) is 3.96. The van der Waals surface area contributed by atoms with E-state index in [4.69, 9.17) is 9.57 Å². The van der Waals surface area contributed by atoms with Gasteiger partial charge < -0.3 is 24.5 Å². The lowest BCUT2D eigenvalue weighted by atomic mass is 10.1. The zero-order valence-electron chi connectivity index (χ0n) is 16.0. The highest BCUT2D eigenvalue weighted by atomic mass is 35.5. The molecule has 0 spiro atoms. The van der Waals surface area contributed by atoms with Crippen molar-refractivity contribution in [2.75, 3.05) is 27.7 Å². The molecule has 8 heteroatoms. The number of halogens is 1. The van der Waals surface area contributed by atoms with E-state index in [1.165, 1.54) is 17.2 Å². The largest absolute Gasteiger partial charge is 0.497 e. The zero-order valence-corrected chi connectivity index (χ0v) is 16.8. The van der Waals surface area contributed by atoms with E-state index in [0.717, 1.165) is 11.3 Å². The Bertz CT molecular complexity index is 716. The van der Waals surface area contributed by atoms with Crippen molar-refractivity contribution in [3.8, 4) is 5.75 Å². The Morgan fingerprint density at radius 3 is 2.56 bits per heavy atom. The second-order valence-electron chi connectivity index (χ2n) is 6.04. The molecular formula is C19H26ClN3O4. The number of hydrogen-bond donors (Lipinski definition) is 1. The monoisotopic (exact) mass is 395 g/mol. The predicted octanol–water partition coefficient (Wildman–Crippen LogP) is 2.17. The van der Waals surface area contributed by atoms with E-state index in [2.05, 4.69) is 5.16 Å². The summed E-state index contributed by atoms with van der Waals surface area (Å²) in [6.45, 7) is 2.65. The molecule has 1 atom stereocenters. The molecule has 148 valence electrons. The first-order chi connectivity index (χ1) is 12.4. The number of likely N-dealkylation sites (N-methyl/N-ethyl adjacent to an activating group) is 2. The summed E-state index contributed by atoms with van der Waals surface area (Å²) in [5.74, 6) is 0.641. The summed E-state index contributed by atoms with van der Waals surface area (Å²) in [6.07, 6.45) is 6.04. The number of hydrogen-bond acceptors (Lipinski definition) is 6. The molecule has 1 aromatic rings. The van der Waals surface area contributed by atoms with Crippen LogP contribution < -0.4 is 4.74 Å². The molecule has 0 aromatic heterocycles. The van der Waals surface area contributed by atoms with Gasteiger partial charge in [-0.1, -0.05) is 17.3 Å². The molecule has 0 bridgehead atoms. The van der Waals surface area contributed by atoms with Crippen LogP contribution in [0.25, 0.3) is 0 Å². The third kappa shape index (κ3) is 5.74. The molecule has 1 heterocycles. The molecule has 0 fully saturated rings. The molecule has 2 rings (SSSR count). The predicted molar refractivity (Wildman–Crippen MR) is 107 cm³/mol. The van der Waals surface area contributed by atoms with Crippen LogP contribution in [0.1, 0.15) is 12.5 Å². The number of oxime groups is 1. The average Bonchev–Trinajstić information content (AvgIpc) is 2.65. The standard InChI is InChI=1S/C19H25N3O4.ClH/c1-5-22-12-16(18(23)21(2)3)10-11-19(22,24)14-20-26-13-15-6-8-17(25-4)9-7-15;/h6-12,14,24H,5,13H2,1-4H3;1H. The van der Waals surface area contributed by atoms with Gasteiger partial charge in [-0.15, -0.1) is 12.4 Å². The van der Waals surface area contributed by atoms with Crippen molar-refractivity contribution < 1.29 is 19.5 Å². The Labute approximate surface area is 165 Å². The van der Waals surface area contributed by atoms with Crippen LogP contribution >= 0.6 is 12.4 Å². The first kappa shape index (κ1) is 22.5. The number of amides is 1. The van der Waals surface area contributed by atoms with E-state index in [-0.39, 0.29) is 24.9 Å². The fourth-order valence-electron chi connectivity index (χ4n) is 2.42. The van der Waals surface area contributed by atoms with Gasteiger partial charge in [-0.25, -0.2) is 0 Å². The highest BCUT2D eigenvalue weighted by Crippen LogP contribution is 2.21. The average molecular weight is 396 g/mol. The minimum absolute atomic E-state index is 0. The number of rotatable bonds is 7. The van der Waals surface area contributed by atoms with Gasteiger partial charge in [0.05, 0.1) is 12.7 Å². The maximum Gasteiger partial charge on any atom is 0.254 e. The number of ether oxygens (including phenoxy) is 1. The van der Waals surface area contributed by atoms with Gasteiger partial charge in [0.15, 0.2) is 5.72 Å². The number of aliphatic hydroxyl groups is 1. The number of benzene rings is 1. The fourth-order valence-corrected chi connectivity index (χ4v) is 2.42. The first-order valence-corrected chi connectivity index (χ1v) is 8.31. The van der Waals surface area contributed by atoms with Crippen LogP contribution in [-0.2, 0) is 16.2 Å². The van der Waals surface area contributed by atoms with Crippen LogP contribution in [0.15, 0.2) is 53.3 Å². The maximum atomic E-state index is 12.1. The van der Waals surface area contributed by atoms with Crippen LogP contribution in [0.2, 0.25) is 0 Å². The van der Waals surface area contributed by atoms with Gasteiger partial charge in [0.25, 0.3) is 5.91 Å². The molecule has 0 saturated carbocycles. The van der Waals surface area contributed by atoms with Crippen molar-refractivity contribution in [2.45, 2.75) is 19.3 Å². The fraction of sp³-hybridized carbons (Fsp3) is 0.368. The van der Waals surface area contributed by atoms with Gasteiger partial charge in [-0.3, -0.25) is 4.79 Å². The zero-order chi connectivity index (χ0) is 19.2. The summed E-state index contributed by atoms with van der Waals surface area (Å²) in [4.78, 5) is 20.4. The molecule has 0 radical (unpaired) electrons. The smallest absolute Gasteiger partial charge is 0.254 e. The second-order valence-corrected chi connectivity index (χ2v) is 6.04. The maximum absolute atomic E-state index is 12.1. The quantitative estimate of drug-likeness (QED) is 0.565. The Morgan fingerprint density at radius 1 is 1.33 bits per heavy atom. The molecule has 1 aliphatic heterocycles. The molecule has 7 nitrogen and oxygen atoms in total. The Morgan fingerprint density at radius 2 is 2.00 bits per heavy atom. The highest BCUT2D eigenvalue weighted by molar-refractivity contribution is 5.96. The SMILES string of the molecule is CCN1C=C(C(=O)N(C)C)C=CC1(O)C=NOCc1ccc(OC)cc1.Cl. The number of methoxy groups -OCH3 is 1. The number of nitrogens with zero attached hydrogens (tertiary/aromatic N) is 3. The van der Waals surface area contributed by atoms with Gasteiger partial charge in [0, 0.05) is 26.8 Å². The van der Waals surface area contributed by atoms with Crippen molar-refractivity contribution in [3.63, 3.8) is 0 Å². The Hall–Kier alpha value is -2.51. The lowest BCUT2D eigenvalue weighted by Crippen LogP contribution is -2.47. The topological polar surface area (TPSA) is 74.6 Å². The number of carbonyl (C=O) groups is 1. The summed E-state index contributed by atoms with van der Waals surface area (Å²) in [6, 6.07) is 7.44. The summed E-state index contributed by atoms with van der Waals surface area (Å²) < 4.78 is 5.10. The van der Waals surface area contributed by atoms with Crippen LogP contribution in [0.5, 0.6) is 5.75 Å². The second kappa shape index (κ2) is 9.99. The van der Waals surface area contributed by atoms with Crippen molar-refractivity contribution in [1.29, 1.82) is 0 Å². The molecule has 1 N–H and O–H groups in total. The molecule has 1 aliphatic rings. The summed E-state index contributed by atoms with van der Waals surface area (Å²) in [7, 11) is 4.98. The summed E-state index contributed by atoms with van der Waals surface area (Å²) in [5, 5.41) is 14.6. The molecule has 0 aliphatic carbocycles. The van der Waals surface area contributed by atoms with E-state index in [1.807, 2.05) is 31.2 Å². The van der Waals surface area contributed by atoms with Gasteiger partial charge in [0.1, 0.15) is 18.6 Å². The van der Waals surface area contributed by atoms with E-state index in [9.17, 15) is 9.90 Å². The molecule has 1 unspecified atom stereocenters. The molecule has 0 saturated heterocycles. The van der Waals surface area contributed by atoms with Crippen LogP contribution in [0.4, 0.5) is 0 Å². The van der Waals surface area contributed by atoms with Crippen molar-refractivity contribution in [2.24, 2.45) is 5.16 Å². The van der Waals surface area contributed by atoms with E-state index in [0.29, 0.717) is 12.1 Å². The van der Waals surface area contributed by atoms with Gasteiger partial charge in [-0.2, -0.15) is 0 Å². The molecule has 27 heavy (non-hydrogen) atoms. The minimum Gasteiger partial charge on any atom is -0.497 e. The molecule has 1 aromatic carbocycles. The van der Waals surface area contributed by atoms with Gasteiger partial charge >= 0.3 is 0 Å². The van der Waals surface area contributed by atoms with Crippen LogP contribution in [0, 0.1) is 0 Å². The van der Waals surface area contributed by atoms with E-state index >= 15 is 0 Å². The normalized spacial score (nSPS) is 18.7. The third-order valence-corrected chi connectivity index (χ3v) is 3.96. The van der Waals surface area contributed by atoms with E-state index in [1.54, 1.807) is 38.4 Å².